The van der Waals surface area contributed by atoms with Gasteiger partial charge in [0.2, 0.25) is 0 Å². The van der Waals surface area contributed by atoms with Crippen molar-refractivity contribution in [3.05, 3.63) is 11.8 Å². The summed E-state index contributed by atoms with van der Waals surface area (Å²) in [5, 5.41) is 0.316. The van der Waals surface area contributed by atoms with Gasteiger partial charge in [-0.15, -0.1) is 0 Å². The zero-order chi connectivity index (χ0) is 8.84. The van der Waals surface area contributed by atoms with Gasteiger partial charge in [-0.25, -0.2) is 0 Å². The van der Waals surface area contributed by atoms with Gasteiger partial charge in [0.1, 0.15) is 5.76 Å². The average Bonchev–Trinajstić information content (AvgIpc) is 2.63. The van der Waals surface area contributed by atoms with Gasteiger partial charge in [-0.1, -0.05) is 6.42 Å². The molecule has 0 bridgehead atoms. The Balaban J connectivity index is 1.89. The van der Waals surface area contributed by atoms with E-state index in [1.807, 2.05) is 0 Å². The summed E-state index contributed by atoms with van der Waals surface area (Å²) in [5.74, 6) is 2.53. The minimum atomic E-state index is 0.145. The maximum absolute atomic E-state index is 5.41. The predicted octanol–water partition coefficient (Wildman–Crippen LogP) is 2.39. The Morgan fingerprint density at radius 2 is 2.31 bits per heavy atom. The Bertz CT molecular complexity index is 285. The summed E-state index contributed by atoms with van der Waals surface area (Å²) >= 11 is 4.88. The SMILES string of the molecule is S=C1OC2=CC3CCCC3CC2O1. The van der Waals surface area contributed by atoms with E-state index in [1.165, 1.54) is 19.3 Å². The zero-order valence-electron chi connectivity index (χ0n) is 7.36. The van der Waals surface area contributed by atoms with Gasteiger partial charge in [-0.2, -0.15) is 0 Å². The Labute approximate surface area is 82.9 Å². The van der Waals surface area contributed by atoms with Gasteiger partial charge >= 0.3 is 5.24 Å². The fourth-order valence-electron chi connectivity index (χ4n) is 2.73. The number of hydrogen-bond donors (Lipinski definition) is 0. The van der Waals surface area contributed by atoms with Gasteiger partial charge in [0, 0.05) is 12.2 Å². The Hall–Kier alpha value is -0.570. The normalized spacial score (nSPS) is 41.7. The molecule has 0 aromatic rings. The van der Waals surface area contributed by atoms with Crippen molar-refractivity contribution in [2.24, 2.45) is 11.8 Å². The van der Waals surface area contributed by atoms with Crippen LogP contribution in [0.15, 0.2) is 11.8 Å². The molecule has 3 rings (SSSR count). The highest BCUT2D eigenvalue weighted by Gasteiger charge is 2.40. The predicted molar refractivity (Wildman–Crippen MR) is 52.1 cm³/mol. The van der Waals surface area contributed by atoms with Crippen LogP contribution < -0.4 is 0 Å². The van der Waals surface area contributed by atoms with Crippen LogP contribution in [0.25, 0.3) is 0 Å². The molecule has 13 heavy (non-hydrogen) atoms. The molecule has 1 saturated heterocycles. The molecule has 1 heterocycles. The van der Waals surface area contributed by atoms with Crippen LogP contribution in [0.1, 0.15) is 25.7 Å². The second-order valence-corrected chi connectivity index (χ2v) is 4.45. The molecular weight excluding hydrogens is 184 g/mol. The van der Waals surface area contributed by atoms with E-state index in [2.05, 4.69) is 6.08 Å². The third-order valence-electron chi connectivity index (χ3n) is 3.37. The molecular formula is C10H12O2S. The van der Waals surface area contributed by atoms with Crippen LogP contribution in [0.4, 0.5) is 0 Å². The van der Waals surface area contributed by atoms with E-state index in [-0.39, 0.29) is 6.10 Å². The number of rotatable bonds is 0. The van der Waals surface area contributed by atoms with Crippen LogP contribution in [0.2, 0.25) is 0 Å². The molecule has 0 spiro atoms. The first kappa shape index (κ1) is 7.80. The summed E-state index contributed by atoms with van der Waals surface area (Å²) in [4.78, 5) is 0. The molecule has 2 fully saturated rings. The maximum Gasteiger partial charge on any atom is 0.358 e. The third kappa shape index (κ3) is 1.17. The van der Waals surface area contributed by atoms with Gasteiger partial charge in [0.25, 0.3) is 0 Å². The van der Waals surface area contributed by atoms with E-state index in [1.54, 1.807) is 0 Å². The van der Waals surface area contributed by atoms with Crippen LogP contribution in [-0.2, 0) is 9.47 Å². The minimum Gasteiger partial charge on any atom is -0.445 e. The summed E-state index contributed by atoms with van der Waals surface area (Å²) in [6, 6.07) is 0. The summed E-state index contributed by atoms with van der Waals surface area (Å²) < 4.78 is 10.8. The van der Waals surface area contributed by atoms with Crippen LogP contribution in [0.3, 0.4) is 0 Å². The monoisotopic (exact) mass is 196 g/mol. The molecule has 2 nitrogen and oxygen atoms in total. The Kier molecular flexibility index (Phi) is 1.62. The van der Waals surface area contributed by atoms with Gasteiger partial charge in [-0.3, -0.25) is 0 Å². The molecule has 3 heteroatoms. The number of ether oxygens (including phenoxy) is 2. The van der Waals surface area contributed by atoms with Crippen molar-refractivity contribution in [2.75, 3.05) is 0 Å². The first-order valence-corrected chi connectivity index (χ1v) is 5.34. The number of thiocarbonyl (C=S) groups is 1. The van der Waals surface area contributed by atoms with E-state index in [4.69, 9.17) is 21.7 Å². The zero-order valence-corrected chi connectivity index (χ0v) is 8.18. The van der Waals surface area contributed by atoms with Crippen molar-refractivity contribution < 1.29 is 9.47 Å². The van der Waals surface area contributed by atoms with Crippen LogP contribution >= 0.6 is 12.2 Å². The molecule has 3 atom stereocenters. The number of hydrogen-bond acceptors (Lipinski definition) is 3. The molecule has 0 aromatic heterocycles. The lowest BCUT2D eigenvalue weighted by Crippen LogP contribution is -2.22. The second kappa shape index (κ2) is 2.71. The molecule has 0 amide bonds. The van der Waals surface area contributed by atoms with Crippen molar-refractivity contribution in [3.63, 3.8) is 0 Å². The third-order valence-corrected chi connectivity index (χ3v) is 3.55. The fraction of sp³-hybridized carbons (Fsp3) is 0.700. The highest BCUT2D eigenvalue weighted by atomic mass is 32.1. The van der Waals surface area contributed by atoms with E-state index in [0.717, 1.165) is 24.0 Å². The quantitative estimate of drug-likeness (QED) is 0.554. The molecule has 1 saturated carbocycles. The highest BCUT2D eigenvalue weighted by molar-refractivity contribution is 7.79. The van der Waals surface area contributed by atoms with Gasteiger partial charge < -0.3 is 9.47 Å². The van der Waals surface area contributed by atoms with Crippen molar-refractivity contribution in [1.82, 2.24) is 0 Å². The molecule has 2 aliphatic carbocycles. The Morgan fingerprint density at radius 3 is 3.23 bits per heavy atom. The lowest BCUT2D eigenvalue weighted by molar-refractivity contribution is 0.191. The van der Waals surface area contributed by atoms with Crippen molar-refractivity contribution in [2.45, 2.75) is 31.8 Å². The van der Waals surface area contributed by atoms with Gasteiger partial charge in [-0.05, 0) is 37.2 Å². The van der Waals surface area contributed by atoms with Crippen molar-refractivity contribution >= 4 is 17.5 Å². The summed E-state index contributed by atoms with van der Waals surface area (Å²) in [6.07, 6.45) is 7.52. The molecule has 3 aliphatic rings. The molecule has 70 valence electrons. The molecule has 0 aromatic carbocycles. The molecule has 0 N–H and O–H groups in total. The second-order valence-electron chi connectivity index (χ2n) is 4.12. The summed E-state index contributed by atoms with van der Waals surface area (Å²) in [5.41, 5.74) is 0. The number of fused-ring (bicyclic) bond motifs is 2. The average molecular weight is 196 g/mol. The molecule has 1 aliphatic heterocycles. The van der Waals surface area contributed by atoms with Crippen LogP contribution in [-0.4, -0.2) is 11.3 Å². The lowest BCUT2D eigenvalue weighted by Gasteiger charge is -2.24. The number of allylic oxidation sites excluding steroid dienone is 1. The fourth-order valence-corrected chi connectivity index (χ4v) is 2.94. The largest absolute Gasteiger partial charge is 0.445 e. The Morgan fingerprint density at radius 1 is 1.38 bits per heavy atom. The lowest BCUT2D eigenvalue weighted by atomic mass is 9.84. The van der Waals surface area contributed by atoms with Crippen molar-refractivity contribution in [3.8, 4) is 0 Å². The van der Waals surface area contributed by atoms with Gasteiger partial charge in [0.15, 0.2) is 6.10 Å². The first-order valence-electron chi connectivity index (χ1n) is 4.93. The van der Waals surface area contributed by atoms with Gasteiger partial charge in [0.05, 0.1) is 0 Å². The van der Waals surface area contributed by atoms with Crippen LogP contribution in [0, 0.1) is 11.8 Å². The van der Waals surface area contributed by atoms with E-state index in [9.17, 15) is 0 Å². The van der Waals surface area contributed by atoms with E-state index < -0.39 is 0 Å². The molecule has 0 radical (unpaired) electrons. The molecule has 3 unspecified atom stereocenters. The van der Waals surface area contributed by atoms with Crippen molar-refractivity contribution in [1.29, 1.82) is 0 Å². The summed E-state index contributed by atoms with van der Waals surface area (Å²) in [6.45, 7) is 0. The van der Waals surface area contributed by atoms with E-state index in [0.29, 0.717) is 5.24 Å². The summed E-state index contributed by atoms with van der Waals surface area (Å²) in [7, 11) is 0. The maximum atomic E-state index is 5.41. The topological polar surface area (TPSA) is 18.5 Å². The smallest absolute Gasteiger partial charge is 0.358 e. The highest BCUT2D eigenvalue weighted by Crippen LogP contribution is 2.43. The minimum absolute atomic E-state index is 0.145. The van der Waals surface area contributed by atoms with E-state index >= 15 is 0 Å². The first-order chi connectivity index (χ1) is 6.33. The van der Waals surface area contributed by atoms with Crippen LogP contribution in [0.5, 0.6) is 0 Å². The standard InChI is InChI=1S/C10H12O2S/c13-10-11-8-4-6-2-1-3-7(6)5-9(8)12-10/h4,6-7,9H,1-3,5H2.